The van der Waals surface area contributed by atoms with Crippen molar-refractivity contribution in [2.45, 2.75) is 25.2 Å². The summed E-state index contributed by atoms with van der Waals surface area (Å²) < 4.78 is 22.6. The van der Waals surface area contributed by atoms with Crippen LogP contribution in [0.3, 0.4) is 0 Å². The highest BCUT2D eigenvalue weighted by molar-refractivity contribution is 7.90. The summed E-state index contributed by atoms with van der Waals surface area (Å²) in [6.07, 6.45) is 2.12. The van der Waals surface area contributed by atoms with Gasteiger partial charge in [-0.05, 0) is 42.5 Å². The molecule has 0 saturated carbocycles. The molecule has 1 aromatic rings. The van der Waals surface area contributed by atoms with Crippen LogP contribution in [0.25, 0.3) is 0 Å². The molecule has 1 atom stereocenters. The molecule has 2 N–H and O–H groups in total. The number of hydrogen-bond acceptors (Lipinski definition) is 3. The highest BCUT2D eigenvalue weighted by atomic mass is 32.2. The molecule has 0 amide bonds. The molecule has 0 bridgehead atoms. The van der Waals surface area contributed by atoms with E-state index in [-0.39, 0.29) is 0 Å². The van der Waals surface area contributed by atoms with Crippen LogP contribution in [0.2, 0.25) is 0 Å². The Bertz CT molecular complexity index is 449. The Morgan fingerprint density at radius 1 is 1.18 bits per heavy atom. The maximum Gasteiger partial charge on any atom is 0.175 e. The van der Waals surface area contributed by atoms with Crippen LogP contribution in [0.1, 0.15) is 19.4 Å². The van der Waals surface area contributed by atoms with Gasteiger partial charge in [0, 0.05) is 6.26 Å². The summed E-state index contributed by atoms with van der Waals surface area (Å²) in [4.78, 5) is 0.370. The minimum atomic E-state index is -3.09. The molecule has 0 radical (unpaired) electrons. The zero-order chi connectivity index (χ0) is 13.1. The molecule has 0 spiro atoms. The standard InChI is InChI=1S/C13H21NO2S/c1-10(2)12(9-14)8-11-4-6-13(7-5-11)17(3,15)16/h4-7,10,12H,8-9,14H2,1-3H3. The molecule has 0 saturated heterocycles. The van der Waals surface area contributed by atoms with E-state index in [1.165, 1.54) is 6.26 Å². The molecular weight excluding hydrogens is 234 g/mol. The third kappa shape index (κ3) is 4.13. The lowest BCUT2D eigenvalue weighted by atomic mass is 9.89. The number of rotatable bonds is 5. The quantitative estimate of drug-likeness (QED) is 0.873. The molecule has 17 heavy (non-hydrogen) atoms. The Morgan fingerprint density at radius 3 is 2.06 bits per heavy atom. The highest BCUT2D eigenvalue weighted by Gasteiger charge is 2.13. The summed E-state index contributed by atoms with van der Waals surface area (Å²) in [6, 6.07) is 7.08. The maximum absolute atomic E-state index is 11.3. The van der Waals surface area contributed by atoms with Crippen molar-refractivity contribution in [2.24, 2.45) is 17.6 Å². The van der Waals surface area contributed by atoms with Crippen molar-refractivity contribution in [3.63, 3.8) is 0 Å². The Hall–Kier alpha value is -0.870. The number of benzene rings is 1. The van der Waals surface area contributed by atoms with Crippen molar-refractivity contribution < 1.29 is 8.42 Å². The van der Waals surface area contributed by atoms with Crippen LogP contribution in [0, 0.1) is 11.8 Å². The van der Waals surface area contributed by atoms with Gasteiger partial charge in [-0.2, -0.15) is 0 Å². The molecule has 0 aliphatic rings. The first-order valence-corrected chi connectivity index (χ1v) is 7.72. The van der Waals surface area contributed by atoms with Gasteiger partial charge in [0.05, 0.1) is 4.90 Å². The largest absolute Gasteiger partial charge is 0.330 e. The van der Waals surface area contributed by atoms with Gasteiger partial charge in [0.15, 0.2) is 9.84 Å². The summed E-state index contributed by atoms with van der Waals surface area (Å²) in [5, 5.41) is 0. The normalized spacial score (nSPS) is 13.9. The summed E-state index contributed by atoms with van der Waals surface area (Å²) >= 11 is 0. The number of nitrogens with two attached hydrogens (primary N) is 1. The van der Waals surface area contributed by atoms with Crippen LogP contribution in [0.4, 0.5) is 0 Å². The number of sulfone groups is 1. The van der Waals surface area contributed by atoms with E-state index in [1.807, 2.05) is 12.1 Å². The van der Waals surface area contributed by atoms with E-state index in [9.17, 15) is 8.42 Å². The van der Waals surface area contributed by atoms with Gasteiger partial charge in [-0.15, -0.1) is 0 Å². The molecule has 0 aliphatic carbocycles. The van der Waals surface area contributed by atoms with Crippen molar-refractivity contribution in [3.05, 3.63) is 29.8 Å². The fraction of sp³-hybridized carbons (Fsp3) is 0.538. The van der Waals surface area contributed by atoms with E-state index in [0.717, 1.165) is 12.0 Å². The number of hydrogen-bond donors (Lipinski definition) is 1. The van der Waals surface area contributed by atoms with Crippen LogP contribution in [-0.4, -0.2) is 21.2 Å². The fourth-order valence-electron chi connectivity index (χ4n) is 1.77. The van der Waals surface area contributed by atoms with Crippen LogP contribution < -0.4 is 5.73 Å². The van der Waals surface area contributed by atoms with Crippen LogP contribution in [-0.2, 0) is 16.3 Å². The zero-order valence-corrected chi connectivity index (χ0v) is 11.5. The topological polar surface area (TPSA) is 60.2 Å². The minimum absolute atomic E-state index is 0.370. The van der Waals surface area contributed by atoms with E-state index < -0.39 is 9.84 Å². The fourth-order valence-corrected chi connectivity index (χ4v) is 2.40. The Balaban J connectivity index is 2.82. The molecule has 0 aliphatic heterocycles. The van der Waals surface area contributed by atoms with Crippen LogP contribution in [0.5, 0.6) is 0 Å². The first-order chi connectivity index (χ1) is 7.84. The minimum Gasteiger partial charge on any atom is -0.330 e. The van der Waals surface area contributed by atoms with Gasteiger partial charge in [0.25, 0.3) is 0 Å². The molecule has 96 valence electrons. The predicted molar refractivity (Wildman–Crippen MR) is 70.6 cm³/mol. The zero-order valence-electron chi connectivity index (χ0n) is 10.7. The van der Waals surface area contributed by atoms with Gasteiger partial charge >= 0.3 is 0 Å². The smallest absolute Gasteiger partial charge is 0.175 e. The van der Waals surface area contributed by atoms with Crippen molar-refractivity contribution in [1.82, 2.24) is 0 Å². The van der Waals surface area contributed by atoms with E-state index in [4.69, 9.17) is 5.73 Å². The predicted octanol–water partition coefficient (Wildman–Crippen LogP) is 1.86. The molecule has 1 unspecified atom stereocenters. The molecule has 0 fully saturated rings. The lowest BCUT2D eigenvalue weighted by molar-refractivity contribution is 0.392. The van der Waals surface area contributed by atoms with Gasteiger partial charge in [-0.25, -0.2) is 8.42 Å². The second-order valence-corrected chi connectivity index (χ2v) is 6.88. The molecule has 3 nitrogen and oxygen atoms in total. The molecule has 1 rings (SSSR count). The van der Waals surface area contributed by atoms with Crippen molar-refractivity contribution in [3.8, 4) is 0 Å². The third-order valence-electron chi connectivity index (χ3n) is 3.09. The first kappa shape index (κ1) is 14.2. The van der Waals surface area contributed by atoms with Crippen molar-refractivity contribution in [1.29, 1.82) is 0 Å². The average Bonchev–Trinajstić information content (AvgIpc) is 2.25. The van der Waals surface area contributed by atoms with Crippen LogP contribution in [0.15, 0.2) is 29.2 Å². The van der Waals surface area contributed by atoms with E-state index in [2.05, 4.69) is 13.8 Å². The van der Waals surface area contributed by atoms with Gasteiger partial charge in [0.2, 0.25) is 0 Å². The van der Waals surface area contributed by atoms with E-state index in [0.29, 0.717) is 23.3 Å². The highest BCUT2D eigenvalue weighted by Crippen LogP contribution is 2.18. The van der Waals surface area contributed by atoms with Gasteiger partial charge in [-0.3, -0.25) is 0 Å². The summed E-state index contributed by atoms with van der Waals surface area (Å²) in [5.74, 6) is 0.980. The summed E-state index contributed by atoms with van der Waals surface area (Å²) in [5.41, 5.74) is 6.87. The Labute approximate surface area is 104 Å². The lowest BCUT2D eigenvalue weighted by Gasteiger charge is -2.18. The third-order valence-corrected chi connectivity index (χ3v) is 4.22. The SMILES string of the molecule is CC(C)C(CN)Cc1ccc(S(C)(=O)=O)cc1. The van der Waals surface area contributed by atoms with Gasteiger partial charge in [0.1, 0.15) is 0 Å². The Morgan fingerprint density at radius 2 is 1.71 bits per heavy atom. The van der Waals surface area contributed by atoms with E-state index in [1.54, 1.807) is 12.1 Å². The lowest BCUT2D eigenvalue weighted by Crippen LogP contribution is -2.22. The molecule has 0 heterocycles. The maximum atomic E-state index is 11.3. The monoisotopic (exact) mass is 255 g/mol. The van der Waals surface area contributed by atoms with Gasteiger partial charge in [-0.1, -0.05) is 26.0 Å². The van der Waals surface area contributed by atoms with Crippen LogP contribution >= 0.6 is 0 Å². The first-order valence-electron chi connectivity index (χ1n) is 5.83. The average molecular weight is 255 g/mol. The molecule has 1 aromatic carbocycles. The second kappa shape index (κ2) is 5.65. The molecular formula is C13H21NO2S. The van der Waals surface area contributed by atoms with Crippen molar-refractivity contribution in [2.75, 3.05) is 12.8 Å². The second-order valence-electron chi connectivity index (χ2n) is 4.86. The Kier molecular flexibility index (Phi) is 4.71. The summed E-state index contributed by atoms with van der Waals surface area (Å²) in [6.45, 7) is 4.97. The van der Waals surface area contributed by atoms with E-state index >= 15 is 0 Å². The summed E-state index contributed by atoms with van der Waals surface area (Å²) in [7, 11) is -3.09. The molecule has 4 heteroatoms. The van der Waals surface area contributed by atoms with Gasteiger partial charge < -0.3 is 5.73 Å². The van der Waals surface area contributed by atoms with Crippen molar-refractivity contribution >= 4 is 9.84 Å². The molecule has 0 aromatic heterocycles.